The van der Waals surface area contributed by atoms with Gasteiger partial charge >= 0.3 is 0 Å². The fourth-order valence-electron chi connectivity index (χ4n) is 2.79. The highest BCUT2D eigenvalue weighted by Gasteiger charge is 2.22. The third kappa shape index (κ3) is 3.32. The minimum absolute atomic E-state index is 0.753. The molecule has 1 unspecified atom stereocenters. The number of likely N-dealkylation sites (tertiary alicyclic amines) is 1. The quantitative estimate of drug-likeness (QED) is 0.764. The van der Waals surface area contributed by atoms with E-state index >= 15 is 0 Å². The van der Waals surface area contributed by atoms with Gasteiger partial charge in [-0.25, -0.2) is 0 Å². The first-order valence-electron chi connectivity index (χ1n) is 7.00. The van der Waals surface area contributed by atoms with Gasteiger partial charge in [-0.3, -0.25) is 0 Å². The summed E-state index contributed by atoms with van der Waals surface area (Å²) in [6.07, 6.45) is 2.53. The number of hydrogen-bond donors (Lipinski definition) is 0. The maximum atomic E-state index is 2.55. The topological polar surface area (TPSA) is 3.24 Å². The van der Waals surface area contributed by atoms with Gasteiger partial charge in [-0.15, -0.1) is 0 Å². The van der Waals surface area contributed by atoms with Crippen LogP contribution in [0.1, 0.15) is 44.2 Å². The summed E-state index contributed by atoms with van der Waals surface area (Å²) in [7, 11) is 0. The number of nitrogens with zero attached hydrogens (tertiary/aromatic N) is 1. The van der Waals surface area contributed by atoms with Crippen molar-refractivity contribution in [2.75, 3.05) is 19.6 Å². The van der Waals surface area contributed by atoms with Gasteiger partial charge in [-0.1, -0.05) is 45.0 Å². The second kappa shape index (κ2) is 5.68. The lowest BCUT2D eigenvalue weighted by molar-refractivity contribution is 0.354. The molecule has 1 aliphatic heterocycles. The molecule has 1 heterocycles. The largest absolute Gasteiger partial charge is 0.303 e. The Morgan fingerprint density at radius 3 is 2.47 bits per heavy atom. The molecule has 0 aromatic heterocycles. The van der Waals surface area contributed by atoms with Crippen LogP contribution in [0.3, 0.4) is 0 Å². The first-order chi connectivity index (χ1) is 8.19. The summed E-state index contributed by atoms with van der Waals surface area (Å²) >= 11 is 0. The van der Waals surface area contributed by atoms with Crippen molar-refractivity contribution in [3.8, 4) is 0 Å². The second-order valence-corrected chi connectivity index (χ2v) is 5.72. The van der Waals surface area contributed by atoms with E-state index in [2.05, 4.69) is 49.9 Å². The molecular weight excluding hydrogens is 206 g/mol. The van der Waals surface area contributed by atoms with E-state index in [1.54, 1.807) is 0 Å². The molecule has 1 aliphatic rings. The fourth-order valence-corrected chi connectivity index (χ4v) is 2.79. The maximum absolute atomic E-state index is 2.55. The zero-order chi connectivity index (χ0) is 12.3. The zero-order valence-corrected chi connectivity index (χ0v) is 11.4. The molecule has 0 amide bonds. The highest BCUT2D eigenvalue weighted by Crippen LogP contribution is 2.27. The third-order valence-corrected chi connectivity index (χ3v) is 3.81. The van der Waals surface area contributed by atoms with E-state index in [0.717, 1.165) is 11.8 Å². The van der Waals surface area contributed by atoms with Gasteiger partial charge in [-0.2, -0.15) is 0 Å². The van der Waals surface area contributed by atoms with E-state index < -0.39 is 0 Å². The van der Waals surface area contributed by atoms with Crippen molar-refractivity contribution in [1.82, 2.24) is 4.90 Å². The molecule has 0 N–H and O–H groups in total. The molecule has 1 nitrogen and oxygen atoms in total. The molecule has 0 saturated carbocycles. The van der Waals surface area contributed by atoms with Crippen molar-refractivity contribution in [3.05, 3.63) is 35.4 Å². The summed E-state index contributed by atoms with van der Waals surface area (Å²) in [6.45, 7) is 10.5. The average Bonchev–Trinajstić information content (AvgIpc) is 2.78. The van der Waals surface area contributed by atoms with Crippen LogP contribution >= 0.6 is 0 Å². The van der Waals surface area contributed by atoms with E-state index in [-0.39, 0.29) is 0 Å². The molecule has 1 heteroatoms. The molecule has 0 aliphatic carbocycles. The number of hydrogen-bond acceptors (Lipinski definition) is 1. The van der Waals surface area contributed by atoms with Crippen LogP contribution < -0.4 is 0 Å². The van der Waals surface area contributed by atoms with Crippen molar-refractivity contribution >= 4 is 0 Å². The Morgan fingerprint density at radius 2 is 1.94 bits per heavy atom. The zero-order valence-electron chi connectivity index (χ0n) is 11.4. The van der Waals surface area contributed by atoms with Crippen LogP contribution in [0.15, 0.2) is 24.3 Å². The highest BCUT2D eigenvalue weighted by atomic mass is 15.1. The van der Waals surface area contributed by atoms with Crippen LogP contribution in [0.5, 0.6) is 0 Å². The Hall–Kier alpha value is -0.820. The van der Waals surface area contributed by atoms with Gasteiger partial charge in [0.1, 0.15) is 0 Å². The minimum Gasteiger partial charge on any atom is -0.303 e. The lowest BCUT2D eigenvalue weighted by Crippen LogP contribution is -2.19. The van der Waals surface area contributed by atoms with E-state index in [1.165, 1.54) is 43.6 Å². The van der Waals surface area contributed by atoms with Crippen LogP contribution in [0.4, 0.5) is 0 Å². The normalized spacial score (nSPS) is 21.3. The minimum atomic E-state index is 0.753. The molecule has 1 aromatic rings. The van der Waals surface area contributed by atoms with Gasteiger partial charge in [-0.05, 0) is 48.9 Å². The fraction of sp³-hybridized carbons (Fsp3) is 0.625. The molecule has 0 bridgehead atoms. The molecule has 0 spiro atoms. The van der Waals surface area contributed by atoms with Crippen LogP contribution in [0.2, 0.25) is 0 Å². The van der Waals surface area contributed by atoms with E-state index in [4.69, 9.17) is 0 Å². The van der Waals surface area contributed by atoms with E-state index in [9.17, 15) is 0 Å². The van der Waals surface area contributed by atoms with Crippen LogP contribution in [0, 0.1) is 5.92 Å². The predicted octanol–water partition coefficient (Wildman–Crippen LogP) is 3.69. The molecule has 94 valence electrons. The molecule has 17 heavy (non-hydrogen) atoms. The monoisotopic (exact) mass is 231 g/mol. The van der Waals surface area contributed by atoms with E-state index in [1.807, 2.05) is 0 Å². The third-order valence-electron chi connectivity index (χ3n) is 3.81. The van der Waals surface area contributed by atoms with Crippen molar-refractivity contribution in [2.45, 2.75) is 39.5 Å². The standard InChI is InChI=1S/C16H25N/c1-4-17-10-9-16(12-17)15-7-5-14(6-8-15)11-13(2)3/h5-8,13,16H,4,9-12H2,1-3H3. The molecule has 0 radical (unpaired) electrons. The Bertz CT molecular complexity index is 339. The summed E-state index contributed by atoms with van der Waals surface area (Å²) < 4.78 is 0. The Balaban J connectivity index is 1.98. The van der Waals surface area contributed by atoms with Crippen LogP contribution in [0.25, 0.3) is 0 Å². The Kier molecular flexibility index (Phi) is 4.22. The molecule has 1 atom stereocenters. The van der Waals surface area contributed by atoms with E-state index in [0.29, 0.717) is 0 Å². The van der Waals surface area contributed by atoms with Crippen molar-refractivity contribution < 1.29 is 0 Å². The van der Waals surface area contributed by atoms with Crippen LogP contribution in [-0.4, -0.2) is 24.5 Å². The summed E-state index contributed by atoms with van der Waals surface area (Å²) in [5.74, 6) is 1.52. The van der Waals surface area contributed by atoms with Gasteiger partial charge in [0, 0.05) is 6.54 Å². The van der Waals surface area contributed by atoms with Gasteiger partial charge < -0.3 is 4.90 Å². The average molecular weight is 231 g/mol. The summed E-state index contributed by atoms with van der Waals surface area (Å²) in [6, 6.07) is 9.34. The Labute approximate surface area is 106 Å². The SMILES string of the molecule is CCN1CCC(c2ccc(CC(C)C)cc2)C1. The van der Waals surface area contributed by atoms with Crippen molar-refractivity contribution in [1.29, 1.82) is 0 Å². The van der Waals surface area contributed by atoms with Crippen LogP contribution in [-0.2, 0) is 6.42 Å². The summed E-state index contributed by atoms with van der Waals surface area (Å²) in [5, 5.41) is 0. The van der Waals surface area contributed by atoms with Gasteiger partial charge in [0.25, 0.3) is 0 Å². The van der Waals surface area contributed by atoms with Gasteiger partial charge in [0.15, 0.2) is 0 Å². The summed E-state index contributed by atoms with van der Waals surface area (Å²) in [4.78, 5) is 2.55. The molecule has 2 rings (SSSR count). The lowest BCUT2D eigenvalue weighted by atomic mass is 9.95. The first-order valence-corrected chi connectivity index (χ1v) is 7.00. The van der Waals surface area contributed by atoms with Crippen molar-refractivity contribution in [2.24, 2.45) is 5.92 Å². The number of likely N-dealkylation sites (N-methyl/N-ethyl adjacent to an activating group) is 1. The number of rotatable bonds is 4. The second-order valence-electron chi connectivity index (χ2n) is 5.72. The molecule has 1 fully saturated rings. The highest BCUT2D eigenvalue weighted by molar-refractivity contribution is 5.26. The Morgan fingerprint density at radius 1 is 1.24 bits per heavy atom. The molecule has 1 aromatic carbocycles. The van der Waals surface area contributed by atoms with Crippen molar-refractivity contribution in [3.63, 3.8) is 0 Å². The molecular formula is C16H25N. The summed E-state index contributed by atoms with van der Waals surface area (Å²) in [5.41, 5.74) is 3.02. The first kappa shape index (κ1) is 12.6. The van der Waals surface area contributed by atoms with Gasteiger partial charge in [0.2, 0.25) is 0 Å². The molecule has 1 saturated heterocycles. The van der Waals surface area contributed by atoms with Gasteiger partial charge in [0.05, 0.1) is 0 Å². The number of benzene rings is 1. The lowest BCUT2D eigenvalue weighted by Gasteiger charge is -2.14. The smallest absolute Gasteiger partial charge is 0.00506 e. The maximum Gasteiger partial charge on any atom is 0.00506 e. The predicted molar refractivity (Wildman–Crippen MR) is 74.5 cm³/mol.